The van der Waals surface area contributed by atoms with E-state index < -0.39 is 5.63 Å². The van der Waals surface area contributed by atoms with Crippen molar-refractivity contribution in [2.24, 2.45) is 0 Å². The van der Waals surface area contributed by atoms with Crippen molar-refractivity contribution in [1.29, 1.82) is 0 Å². The maximum atomic E-state index is 12.1. The standard InChI is InChI=1S/C19H15Cl2NO4/c1-11(13-3-6-15(20)16(21)8-13)22-18(23)10-25-14-5-2-12-4-7-19(24)26-17(12)9-14/h2-9,11H,10H2,1H3,(H,22,23). The average Bonchev–Trinajstić information content (AvgIpc) is 2.61. The molecular weight excluding hydrogens is 377 g/mol. The quantitative estimate of drug-likeness (QED) is 0.656. The van der Waals surface area contributed by atoms with Gasteiger partial charge in [-0.25, -0.2) is 4.79 Å². The van der Waals surface area contributed by atoms with Gasteiger partial charge in [-0.3, -0.25) is 4.79 Å². The van der Waals surface area contributed by atoms with Crippen LogP contribution in [0.15, 0.2) is 57.7 Å². The summed E-state index contributed by atoms with van der Waals surface area (Å²) < 4.78 is 10.6. The van der Waals surface area contributed by atoms with Crippen LogP contribution >= 0.6 is 23.2 Å². The number of hydrogen-bond acceptors (Lipinski definition) is 4. The molecule has 3 rings (SSSR count). The van der Waals surface area contributed by atoms with Crippen LogP contribution in [0.1, 0.15) is 18.5 Å². The zero-order valence-electron chi connectivity index (χ0n) is 13.8. The number of carbonyl (C=O) groups is 1. The van der Waals surface area contributed by atoms with Gasteiger partial charge in [0.05, 0.1) is 16.1 Å². The molecule has 26 heavy (non-hydrogen) atoms. The maximum Gasteiger partial charge on any atom is 0.336 e. The maximum absolute atomic E-state index is 12.1. The van der Waals surface area contributed by atoms with Crippen molar-refractivity contribution in [1.82, 2.24) is 5.32 Å². The molecule has 0 fully saturated rings. The summed E-state index contributed by atoms with van der Waals surface area (Å²) in [5, 5.41) is 4.48. The summed E-state index contributed by atoms with van der Waals surface area (Å²) in [7, 11) is 0. The highest BCUT2D eigenvalue weighted by Crippen LogP contribution is 2.25. The monoisotopic (exact) mass is 391 g/mol. The number of nitrogens with one attached hydrogen (secondary N) is 1. The van der Waals surface area contributed by atoms with Gasteiger partial charge >= 0.3 is 5.63 Å². The number of hydrogen-bond donors (Lipinski definition) is 1. The Hall–Kier alpha value is -2.50. The lowest BCUT2D eigenvalue weighted by molar-refractivity contribution is -0.123. The predicted molar refractivity (Wildman–Crippen MR) is 101 cm³/mol. The molecule has 134 valence electrons. The molecule has 1 heterocycles. The SMILES string of the molecule is CC(NC(=O)COc1ccc2ccc(=O)oc2c1)c1ccc(Cl)c(Cl)c1. The molecule has 0 aliphatic heterocycles. The molecule has 0 spiro atoms. The van der Waals surface area contributed by atoms with Crippen LogP contribution in [0.3, 0.4) is 0 Å². The van der Waals surface area contributed by atoms with Crippen molar-refractivity contribution in [3.8, 4) is 5.75 Å². The number of benzene rings is 2. The molecular formula is C19H15Cl2NO4. The van der Waals surface area contributed by atoms with Crippen molar-refractivity contribution >= 4 is 40.1 Å². The van der Waals surface area contributed by atoms with Crippen LogP contribution in [-0.4, -0.2) is 12.5 Å². The first-order valence-electron chi connectivity index (χ1n) is 7.83. The lowest BCUT2D eigenvalue weighted by Gasteiger charge is -2.15. The second-order valence-electron chi connectivity index (χ2n) is 5.71. The number of carbonyl (C=O) groups excluding carboxylic acids is 1. The van der Waals surface area contributed by atoms with E-state index >= 15 is 0 Å². The largest absolute Gasteiger partial charge is 0.484 e. The van der Waals surface area contributed by atoms with Gasteiger partial charge in [0.2, 0.25) is 0 Å². The Bertz CT molecular complexity index is 1020. The summed E-state index contributed by atoms with van der Waals surface area (Å²) in [4.78, 5) is 23.4. The van der Waals surface area contributed by atoms with Crippen LogP contribution in [0.25, 0.3) is 11.0 Å². The van der Waals surface area contributed by atoms with Crippen molar-refractivity contribution in [2.45, 2.75) is 13.0 Å². The zero-order chi connectivity index (χ0) is 18.7. The fourth-order valence-corrected chi connectivity index (χ4v) is 2.73. The smallest absolute Gasteiger partial charge is 0.336 e. The van der Waals surface area contributed by atoms with Crippen molar-refractivity contribution < 1.29 is 13.9 Å². The molecule has 0 radical (unpaired) electrons. The van der Waals surface area contributed by atoms with E-state index in [1.165, 1.54) is 6.07 Å². The average molecular weight is 392 g/mol. The molecule has 2 aromatic carbocycles. The van der Waals surface area contributed by atoms with Crippen molar-refractivity contribution in [3.63, 3.8) is 0 Å². The van der Waals surface area contributed by atoms with E-state index in [4.69, 9.17) is 32.4 Å². The van der Waals surface area contributed by atoms with E-state index in [-0.39, 0.29) is 18.6 Å². The summed E-state index contributed by atoms with van der Waals surface area (Å²) in [6.45, 7) is 1.66. The first-order chi connectivity index (χ1) is 12.4. The summed E-state index contributed by atoms with van der Waals surface area (Å²) in [5.74, 6) is 0.141. The Morgan fingerprint density at radius 1 is 1.12 bits per heavy atom. The molecule has 5 nitrogen and oxygen atoms in total. The Balaban J connectivity index is 1.61. The van der Waals surface area contributed by atoms with Gasteiger partial charge in [0.25, 0.3) is 5.91 Å². The minimum atomic E-state index is -0.442. The fourth-order valence-electron chi connectivity index (χ4n) is 2.43. The summed E-state index contributed by atoms with van der Waals surface area (Å²) in [5.41, 5.74) is 0.794. The van der Waals surface area contributed by atoms with Crippen LogP contribution in [0, 0.1) is 0 Å². The highest BCUT2D eigenvalue weighted by atomic mass is 35.5. The Labute approximate surface area is 159 Å². The Morgan fingerprint density at radius 2 is 1.88 bits per heavy atom. The molecule has 1 N–H and O–H groups in total. The normalized spacial score (nSPS) is 12.0. The predicted octanol–water partition coefficient (Wildman–Crippen LogP) is 4.36. The van der Waals surface area contributed by atoms with Crippen LogP contribution < -0.4 is 15.7 Å². The van der Waals surface area contributed by atoms with E-state index in [0.29, 0.717) is 21.4 Å². The molecule has 1 atom stereocenters. The van der Waals surface area contributed by atoms with E-state index in [2.05, 4.69) is 5.32 Å². The molecule has 1 amide bonds. The van der Waals surface area contributed by atoms with Crippen LogP contribution in [-0.2, 0) is 4.79 Å². The number of ether oxygens (including phenoxy) is 1. The minimum Gasteiger partial charge on any atom is -0.484 e. The minimum absolute atomic E-state index is 0.172. The van der Waals surface area contributed by atoms with Gasteiger partial charge in [-0.15, -0.1) is 0 Å². The highest BCUT2D eigenvalue weighted by Gasteiger charge is 2.12. The van der Waals surface area contributed by atoms with Gasteiger partial charge in [0, 0.05) is 17.5 Å². The van der Waals surface area contributed by atoms with E-state index in [1.54, 1.807) is 42.5 Å². The molecule has 7 heteroatoms. The third kappa shape index (κ3) is 4.36. The summed E-state index contributed by atoms with van der Waals surface area (Å²) >= 11 is 11.9. The molecule has 0 saturated carbocycles. The fraction of sp³-hybridized carbons (Fsp3) is 0.158. The Kier molecular flexibility index (Phi) is 5.49. The van der Waals surface area contributed by atoms with Gasteiger partial charge in [-0.2, -0.15) is 0 Å². The van der Waals surface area contributed by atoms with Gasteiger partial charge in [-0.1, -0.05) is 29.3 Å². The van der Waals surface area contributed by atoms with Crippen molar-refractivity contribution in [2.75, 3.05) is 6.61 Å². The number of halogens is 2. The zero-order valence-corrected chi connectivity index (χ0v) is 15.3. The number of amides is 1. The topological polar surface area (TPSA) is 68.5 Å². The Morgan fingerprint density at radius 3 is 2.65 bits per heavy atom. The lowest BCUT2D eigenvalue weighted by atomic mass is 10.1. The van der Waals surface area contributed by atoms with Crippen molar-refractivity contribution in [3.05, 3.63) is 74.6 Å². The molecule has 0 bridgehead atoms. The molecule has 3 aromatic rings. The van der Waals surface area contributed by atoms with Gasteiger partial charge in [0.15, 0.2) is 6.61 Å². The summed E-state index contributed by atoms with van der Waals surface area (Å²) in [6, 6.07) is 13.0. The van der Waals surface area contributed by atoms with Gasteiger partial charge in [0.1, 0.15) is 11.3 Å². The molecule has 1 unspecified atom stereocenters. The molecule has 0 aliphatic carbocycles. The van der Waals surface area contributed by atoms with Crippen LogP contribution in [0.4, 0.5) is 0 Å². The van der Waals surface area contributed by atoms with Crippen LogP contribution in [0.2, 0.25) is 10.0 Å². The molecule has 0 aliphatic rings. The number of rotatable bonds is 5. The van der Waals surface area contributed by atoms with Crippen LogP contribution in [0.5, 0.6) is 5.75 Å². The summed E-state index contributed by atoms with van der Waals surface area (Å²) in [6.07, 6.45) is 0. The van der Waals surface area contributed by atoms with E-state index in [0.717, 1.165) is 10.9 Å². The second kappa shape index (κ2) is 7.81. The first kappa shape index (κ1) is 18.3. The van der Waals surface area contributed by atoms with E-state index in [9.17, 15) is 9.59 Å². The van der Waals surface area contributed by atoms with Gasteiger partial charge in [-0.05, 0) is 42.8 Å². The first-order valence-corrected chi connectivity index (χ1v) is 8.59. The molecule has 0 saturated heterocycles. The van der Waals surface area contributed by atoms with Gasteiger partial charge < -0.3 is 14.5 Å². The lowest BCUT2D eigenvalue weighted by Crippen LogP contribution is -2.31. The third-order valence-corrected chi connectivity index (χ3v) is 4.52. The third-order valence-electron chi connectivity index (χ3n) is 3.79. The second-order valence-corrected chi connectivity index (χ2v) is 6.52. The number of fused-ring (bicyclic) bond motifs is 1. The molecule has 1 aromatic heterocycles. The highest BCUT2D eigenvalue weighted by molar-refractivity contribution is 6.42. The van der Waals surface area contributed by atoms with E-state index in [1.807, 2.05) is 6.92 Å².